The maximum atomic E-state index is 12.6. The molecule has 25 heavy (non-hydrogen) atoms. The molecule has 140 valence electrons. The lowest BCUT2D eigenvalue weighted by molar-refractivity contribution is -0.141. The van der Waals surface area contributed by atoms with Crippen molar-refractivity contribution < 1.29 is 14.3 Å². The van der Waals surface area contributed by atoms with E-state index in [1.165, 1.54) is 12.7 Å². The molecular formula is C20H32N2O3. The molecule has 0 N–H and O–H groups in total. The van der Waals surface area contributed by atoms with Crippen molar-refractivity contribution in [3.63, 3.8) is 0 Å². The van der Waals surface area contributed by atoms with Crippen molar-refractivity contribution >= 4 is 11.9 Å². The molecule has 1 aromatic rings. The fourth-order valence-electron chi connectivity index (χ4n) is 2.66. The first-order valence-electron chi connectivity index (χ1n) is 9.12. The summed E-state index contributed by atoms with van der Waals surface area (Å²) in [5, 5.41) is 0. The third-order valence-electron chi connectivity index (χ3n) is 4.49. The zero-order valence-electron chi connectivity index (χ0n) is 16.1. The second-order valence-corrected chi connectivity index (χ2v) is 6.22. The minimum absolute atomic E-state index is 0.0941. The number of esters is 1. The van der Waals surface area contributed by atoms with Gasteiger partial charge in [-0.3, -0.25) is 9.59 Å². The van der Waals surface area contributed by atoms with Gasteiger partial charge in [0.1, 0.15) is 0 Å². The van der Waals surface area contributed by atoms with Crippen molar-refractivity contribution in [3.05, 3.63) is 35.4 Å². The number of aryl methyl sites for hydroxylation is 2. The number of hydrogen-bond donors (Lipinski definition) is 0. The second kappa shape index (κ2) is 11.6. The number of carbonyl (C=O) groups excluding carboxylic acids is 2. The Kier molecular flexibility index (Phi) is 9.85. The van der Waals surface area contributed by atoms with Gasteiger partial charge in [0.25, 0.3) is 0 Å². The molecule has 0 radical (unpaired) electrons. The Morgan fingerprint density at radius 2 is 1.60 bits per heavy atom. The molecule has 0 aliphatic heterocycles. The van der Waals surface area contributed by atoms with Crippen LogP contribution in [0.2, 0.25) is 0 Å². The minimum Gasteiger partial charge on any atom is -0.469 e. The Morgan fingerprint density at radius 1 is 0.960 bits per heavy atom. The predicted molar refractivity (Wildman–Crippen MR) is 101 cm³/mol. The lowest BCUT2D eigenvalue weighted by atomic mass is 10.1. The highest BCUT2D eigenvalue weighted by Gasteiger charge is 2.16. The van der Waals surface area contributed by atoms with E-state index in [2.05, 4.69) is 49.9 Å². The summed E-state index contributed by atoms with van der Waals surface area (Å²) in [5.74, 6) is -0.184. The number of benzene rings is 1. The molecule has 5 nitrogen and oxygen atoms in total. The van der Waals surface area contributed by atoms with Crippen LogP contribution in [0.4, 0.5) is 0 Å². The monoisotopic (exact) mass is 348 g/mol. The van der Waals surface area contributed by atoms with Crippen molar-refractivity contribution in [2.75, 3.05) is 39.8 Å². The van der Waals surface area contributed by atoms with Crippen molar-refractivity contribution in [3.8, 4) is 0 Å². The van der Waals surface area contributed by atoms with Gasteiger partial charge in [0.05, 0.1) is 13.5 Å². The number of amides is 1. The van der Waals surface area contributed by atoms with Crippen LogP contribution in [0.5, 0.6) is 0 Å². The summed E-state index contributed by atoms with van der Waals surface area (Å²) < 4.78 is 4.70. The Morgan fingerprint density at radius 3 is 2.16 bits per heavy atom. The van der Waals surface area contributed by atoms with Crippen LogP contribution >= 0.6 is 0 Å². The first-order valence-corrected chi connectivity index (χ1v) is 9.12. The van der Waals surface area contributed by atoms with E-state index in [9.17, 15) is 9.59 Å². The zero-order chi connectivity index (χ0) is 18.7. The lowest BCUT2D eigenvalue weighted by Gasteiger charge is -2.26. The number of rotatable bonds is 11. The number of ether oxygens (including phenoxy) is 1. The van der Waals surface area contributed by atoms with Gasteiger partial charge in [-0.05, 0) is 32.0 Å². The third kappa shape index (κ3) is 8.16. The molecule has 0 spiro atoms. The van der Waals surface area contributed by atoms with Gasteiger partial charge in [-0.2, -0.15) is 0 Å². The van der Waals surface area contributed by atoms with Gasteiger partial charge in [0.15, 0.2) is 0 Å². The number of nitrogens with zero attached hydrogens (tertiary/aromatic N) is 2. The topological polar surface area (TPSA) is 49.9 Å². The van der Waals surface area contributed by atoms with Gasteiger partial charge < -0.3 is 14.5 Å². The van der Waals surface area contributed by atoms with Crippen molar-refractivity contribution in [2.24, 2.45) is 0 Å². The van der Waals surface area contributed by atoms with Gasteiger partial charge in [0, 0.05) is 26.1 Å². The standard InChI is InChI=1S/C20H32N2O3/c1-5-21(6-2)15-16-22(14-13-20(24)25-4)19(23)12-11-18-9-7-17(3)8-10-18/h7-10H,5-6,11-16H2,1-4H3. The van der Waals surface area contributed by atoms with Gasteiger partial charge in [0.2, 0.25) is 5.91 Å². The Bertz CT molecular complexity index is 524. The highest BCUT2D eigenvalue weighted by atomic mass is 16.5. The minimum atomic E-state index is -0.279. The number of carbonyl (C=O) groups is 2. The van der Waals surface area contributed by atoms with E-state index < -0.39 is 0 Å². The molecule has 0 bridgehead atoms. The van der Waals surface area contributed by atoms with Crippen LogP contribution in [0, 0.1) is 6.92 Å². The van der Waals surface area contributed by atoms with Crippen LogP contribution in [0.1, 0.15) is 37.8 Å². The first kappa shape index (κ1) is 21.2. The van der Waals surface area contributed by atoms with Gasteiger partial charge in [-0.15, -0.1) is 0 Å². The number of likely N-dealkylation sites (N-methyl/N-ethyl adjacent to an activating group) is 1. The SMILES string of the molecule is CCN(CC)CCN(CCC(=O)OC)C(=O)CCc1ccc(C)cc1. The van der Waals surface area contributed by atoms with Crippen molar-refractivity contribution in [2.45, 2.75) is 40.0 Å². The van der Waals surface area contributed by atoms with Crippen LogP contribution in [-0.2, 0) is 20.7 Å². The zero-order valence-corrected chi connectivity index (χ0v) is 16.1. The quantitative estimate of drug-likeness (QED) is 0.577. The first-order chi connectivity index (χ1) is 12.0. The maximum absolute atomic E-state index is 12.6. The Hall–Kier alpha value is -1.88. The highest BCUT2D eigenvalue weighted by molar-refractivity contribution is 5.77. The van der Waals surface area contributed by atoms with E-state index in [0.717, 1.165) is 31.6 Å². The van der Waals surface area contributed by atoms with Gasteiger partial charge in [-0.1, -0.05) is 43.7 Å². The molecule has 1 rings (SSSR count). The van der Waals surface area contributed by atoms with Gasteiger partial charge in [-0.25, -0.2) is 0 Å². The van der Waals surface area contributed by atoms with E-state index >= 15 is 0 Å². The molecule has 0 unspecified atom stereocenters. The van der Waals surface area contributed by atoms with Crippen LogP contribution < -0.4 is 0 Å². The molecule has 0 atom stereocenters. The molecule has 1 amide bonds. The number of hydrogen-bond acceptors (Lipinski definition) is 4. The fourth-order valence-corrected chi connectivity index (χ4v) is 2.66. The normalized spacial score (nSPS) is 10.8. The molecule has 0 aromatic heterocycles. The summed E-state index contributed by atoms with van der Waals surface area (Å²) >= 11 is 0. The largest absolute Gasteiger partial charge is 0.469 e. The summed E-state index contributed by atoms with van der Waals surface area (Å²) in [5.41, 5.74) is 2.38. The molecule has 0 aliphatic rings. The average Bonchev–Trinajstić information content (AvgIpc) is 2.63. The third-order valence-corrected chi connectivity index (χ3v) is 4.49. The van der Waals surface area contributed by atoms with E-state index in [4.69, 9.17) is 4.74 Å². The Labute approximate surface area is 151 Å². The lowest BCUT2D eigenvalue weighted by Crippen LogP contribution is -2.40. The highest BCUT2D eigenvalue weighted by Crippen LogP contribution is 2.08. The van der Waals surface area contributed by atoms with E-state index in [1.807, 2.05) is 0 Å². The summed E-state index contributed by atoms with van der Waals surface area (Å²) in [7, 11) is 1.38. The van der Waals surface area contributed by atoms with Crippen molar-refractivity contribution in [1.82, 2.24) is 9.80 Å². The Balaban J connectivity index is 2.59. The second-order valence-electron chi connectivity index (χ2n) is 6.22. The summed E-state index contributed by atoms with van der Waals surface area (Å²) in [6, 6.07) is 8.26. The van der Waals surface area contributed by atoms with Crippen LogP contribution in [0.25, 0.3) is 0 Å². The predicted octanol–water partition coefficient (Wildman–Crippen LogP) is 2.66. The maximum Gasteiger partial charge on any atom is 0.307 e. The number of methoxy groups -OCH3 is 1. The molecule has 5 heteroatoms. The molecule has 0 fully saturated rings. The van der Waals surface area contributed by atoms with E-state index in [1.54, 1.807) is 4.90 Å². The van der Waals surface area contributed by atoms with E-state index in [-0.39, 0.29) is 18.3 Å². The fraction of sp³-hybridized carbons (Fsp3) is 0.600. The molecule has 0 aliphatic carbocycles. The molecule has 0 saturated carbocycles. The van der Waals surface area contributed by atoms with Crippen LogP contribution in [-0.4, -0.2) is 61.5 Å². The summed E-state index contributed by atoms with van der Waals surface area (Å²) in [4.78, 5) is 28.1. The smallest absolute Gasteiger partial charge is 0.307 e. The van der Waals surface area contributed by atoms with E-state index in [0.29, 0.717) is 19.5 Å². The molecule has 0 saturated heterocycles. The summed E-state index contributed by atoms with van der Waals surface area (Å²) in [6.45, 7) is 10.1. The average molecular weight is 348 g/mol. The summed E-state index contributed by atoms with van der Waals surface area (Å²) in [6.07, 6.45) is 1.42. The van der Waals surface area contributed by atoms with Crippen molar-refractivity contribution in [1.29, 1.82) is 0 Å². The molecule has 0 heterocycles. The molecule has 1 aromatic carbocycles. The van der Waals surface area contributed by atoms with Crippen LogP contribution in [0.3, 0.4) is 0 Å². The van der Waals surface area contributed by atoms with Gasteiger partial charge >= 0.3 is 5.97 Å². The van der Waals surface area contributed by atoms with Crippen LogP contribution in [0.15, 0.2) is 24.3 Å². The molecular weight excluding hydrogens is 316 g/mol.